The molecule has 0 aliphatic rings. The minimum Gasteiger partial charge on any atom is -0.480 e. The third kappa shape index (κ3) is 6.10. The van der Waals surface area contributed by atoms with E-state index in [1.807, 2.05) is 0 Å². The SMILES string of the molecule is O=C(O)CN(CC(=O)O)c1ccc(C=C=Cc2c(-c3ccccc3)c3c(=O)n(-c4ccc(C(=O)O)cc4)[nH]c3[nH]c2=O)cc1. The maximum atomic E-state index is 13.7. The molecule has 3 aromatic carbocycles. The lowest BCUT2D eigenvalue weighted by Gasteiger charge is -2.20. The number of carboxylic acids is 3. The number of hydrogen-bond acceptors (Lipinski definition) is 6. The van der Waals surface area contributed by atoms with E-state index in [1.165, 1.54) is 39.9 Å². The van der Waals surface area contributed by atoms with Crippen LogP contribution in [-0.2, 0) is 9.59 Å². The average Bonchev–Trinajstić information content (AvgIpc) is 3.32. The summed E-state index contributed by atoms with van der Waals surface area (Å²) in [6.45, 7) is -0.965. The van der Waals surface area contributed by atoms with Gasteiger partial charge in [-0.2, -0.15) is 0 Å². The quantitative estimate of drug-likeness (QED) is 0.151. The summed E-state index contributed by atoms with van der Waals surface area (Å²) >= 11 is 0. The molecule has 12 heteroatoms. The number of carbonyl (C=O) groups is 3. The monoisotopic (exact) mass is 592 g/mol. The Kier molecular flexibility index (Phi) is 8.09. The molecule has 2 aromatic heterocycles. The van der Waals surface area contributed by atoms with Gasteiger partial charge in [0, 0.05) is 11.3 Å². The van der Waals surface area contributed by atoms with Crippen molar-refractivity contribution in [1.82, 2.24) is 14.8 Å². The van der Waals surface area contributed by atoms with Gasteiger partial charge in [0.1, 0.15) is 18.7 Å². The van der Waals surface area contributed by atoms with Crippen molar-refractivity contribution < 1.29 is 29.7 Å². The molecule has 5 aromatic rings. The zero-order valence-corrected chi connectivity index (χ0v) is 22.9. The van der Waals surface area contributed by atoms with Crippen LogP contribution in [-0.4, -0.2) is 61.1 Å². The molecule has 0 amide bonds. The number of benzene rings is 3. The number of rotatable bonds is 10. The lowest BCUT2D eigenvalue weighted by atomic mass is 9.98. The normalized spacial score (nSPS) is 10.6. The number of nitrogens with one attached hydrogen (secondary N) is 2. The number of aliphatic carboxylic acids is 2. The van der Waals surface area contributed by atoms with Crippen LogP contribution in [0.25, 0.3) is 40.0 Å². The first kappa shape index (κ1) is 29.1. The van der Waals surface area contributed by atoms with Crippen LogP contribution in [0.1, 0.15) is 21.5 Å². The molecule has 12 nitrogen and oxygen atoms in total. The molecular formula is C32H24N4O8. The third-order valence-electron chi connectivity index (χ3n) is 6.72. The summed E-state index contributed by atoms with van der Waals surface area (Å²) in [4.78, 5) is 64.5. The highest BCUT2D eigenvalue weighted by molar-refractivity contribution is 5.97. The molecule has 0 aliphatic heterocycles. The van der Waals surface area contributed by atoms with Crippen molar-refractivity contribution in [3.8, 4) is 16.8 Å². The number of carboxylic acid groups (broad SMARTS) is 3. The van der Waals surface area contributed by atoms with E-state index >= 15 is 0 Å². The number of aromatic nitrogens is 3. The molecule has 0 aliphatic carbocycles. The average molecular weight is 593 g/mol. The van der Waals surface area contributed by atoms with E-state index in [4.69, 9.17) is 10.2 Å². The molecule has 5 rings (SSSR count). The van der Waals surface area contributed by atoms with Crippen molar-refractivity contribution in [3.05, 3.63) is 122 Å². The van der Waals surface area contributed by atoms with Crippen LogP contribution in [0.2, 0.25) is 0 Å². The topological polar surface area (TPSA) is 186 Å². The Bertz CT molecular complexity index is 2050. The van der Waals surface area contributed by atoms with Crippen molar-refractivity contribution in [3.63, 3.8) is 0 Å². The lowest BCUT2D eigenvalue weighted by molar-refractivity contribution is -0.136. The lowest BCUT2D eigenvalue weighted by Crippen LogP contribution is -2.34. The van der Waals surface area contributed by atoms with Gasteiger partial charge < -0.3 is 25.2 Å². The van der Waals surface area contributed by atoms with Crippen LogP contribution in [0.3, 0.4) is 0 Å². The molecule has 0 atom stereocenters. The smallest absolute Gasteiger partial charge is 0.335 e. The first-order chi connectivity index (χ1) is 21.1. The zero-order chi connectivity index (χ0) is 31.4. The predicted octanol–water partition coefficient (Wildman–Crippen LogP) is 3.67. The molecule has 0 bridgehead atoms. The Morgan fingerprint density at radius 3 is 2.05 bits per heavy atom. The third-order valence-corrected chi connectivity index (χ3v) is 6.72. The summed E-state index contributed by atoms with van der Waals surface area (Å²) in [7, 11) is 0. The molecular weight excluding hydrogens is 568 g/mol. The summed E-state index contributed by atoms with van der Waals surface area (Å²) in [5.41, 5.74) is 4.87. The van der Waals surface area contributed by atoms with Crippen LogP contribution < -0.4 is 16.0 Å². The van der Waals surface area contributed by atoms with Gasteiger partial charge in [-0.3, -0.25) is 24.3 Å². The maximum absolute atomic E-state index is 13.7. The molecule has 5 N–H and O–H groups in total. The summed E-state index contributed by atoms with van der Waals surface area (Å²) in [5.74, 6) is -3.44. The number of aromatic amines is 2. The van der Waals surface area contributed by atoms with Crippen molar-refractivity contribution in [1.29, 1.82) is 0 Å². The molecule has 0 saturated heterocycles. The highest BCUT2D eigenvalue weighted by Crippen LogP contribution is 2.28. The van der Waals surface area contributed by atoms with Crippen molar-refractivity contribution in [2.75, 3.05) is 18.0 Å². The largest absolute Gasteiger partial charge is 0.480 e. The number of nitrogens with zero attached hydrogens (tertiary/aromatic N) is 2. The highest BCUT2D eigenvalue weighted by Gasteiger charge is 2.20. The predicted molar refractivity (Wildman–Crippen MR) is 163 cm³/mol. The van der Waals surface area contributed by atoms with Crippen LogP contribution in [0.4, 0.5) is 5.69 Å². The number of aromatic carboxylic acids is 1. The number of H-pyrrole nitrogens is 2. The fraction of sp³-hybridized carbons (Fsp3) is 0.0625. The Balaban J connectivity index is 1.58. The molecule has 2 heterocycles. The minimum atomic E-state index is -1.17. The fourth-order valence-electron chi connectivity index (χ4n) is 4.73. The van der Waals surface area contributed by atoms with Crippen LogP contribution >= 0.6 is 0 Å². The van der Waals surface area contributed by atoms with E-state index in [0.717, 1.165) is 0 Å². The van der Waals surface area contributed by atoms with Gasteiger partial charge in [0.15, 0.2) is 0 Å². The van der Waals surface area contributed by atoms with Crippen molar-refractivity contribution in [2.45, 2.75) is 0 Å². The van der Waals surface area contributed by atoms with Gasteiger partial charge in [-0.1, -0.05) is 42.5 Å². The van der Waals surface area contributed by atoms with Gasteiger partial charge in [-0.05, 0) is 59.7 Å². The number of anilines is 1. The summed E-state index contributed by atoms with van der Waals surface area (Å²) in [5, 5.41) is 30.5. The summed E-state index contributed by atoms with van der Waals surface area (Å²) in [6, 6.07) is 21.1. The number of pyridine rings is 1. The first-order valence-corrected chi connectivity index (χ1v) is 13.1. The van der Waals surface area contributed by atoms with Gasteiger partial charge in [0.25, 0.3) is 11.1 Å². The number of fused-ring (bicyclic) bond motifs is 1. The van der Waals surface area contributed by atoms with Gasteiger partial charge in [0.2, 0.25) is 0 Å². The van der Waals surface area contributed by atoms with Gasteiger partial charge in [0.05, 0.1) is 22.2 Å². The zero-order valence-electron chi connectivity index (χ0n) is 22.9. The second-order valence-corrected chi connectivity index (χ2v) is 9.65. The molecule has 220 valence electrons. The van der Waals surface area contributed by atoms with Crippen molar-refractivity contribution >= 4 is 46.8 Å². The van der Waals surface area contributed by atoms with Crippen LogP contribution in [0.5, 0.6) is 0 Å². The minimum absolute atomic E-state index is 0.0583. The van der Waals surface area contributed by atoms with E-state index in [9.17, 15) is 29.1 Å². The van der Waals surface area contributed by atoms with Gasteiger partial charge >= 0.3 is 17.9 Å². The van der Waals surface area contributed by atoms with E-state index in [-0.39, 0.29) is 22.2 Å². The van der Waals surface area contributed by atoms with E-state index in [2.05, 4.69) is 15.8 Å². The second kappa shape index (κ2) is 12.2. The van der Waals surface area contributed by atoms with E-state index < -0.39 is 42.1 Å². The summed E-state index contributed by atoms with van der Waals surface area (Å²) < 4.78 is 1.22. The molecule has 0 fully saturated rings. The Morgan fingerprint density at radius 1 is 0.818 bits per heavy atom. The highest BCUT2D eigenvalue weighted by atomic mass is 16.4. The number of hydrogen-bond donors (Lipinski definition) is 5. The van der Waals surface area contributed by atoms with E-state index in [0.29, 0.717) is 28.1 Å². The molecule has 0 saturated carbocycles. The van der Waals surface area contributed by atoms with E-state index in [1.54, 1.807) is 60.7 Å². The van der Waals surface area contributed by atoms with Crippen LogP contribution in [0.15, 0.2) is 94.2 Å². The summed E-state index contributed by atoms with van der Waals surface area (Å²) in [6.07, 6.45) is 3.04. The molecule has 0 unspecified atom stereocenters. The maximum Gasteiger partial charge on any atom is 0.335 e. The van der Waals surface area contributed by atoms with Crippen LogP contribution in [0, 0.1) is 0 Å². The standard InChI is InChI=1S/C32H24N4O8/c37-25(38)17-35(18-26(39)40)22-13-9-19(10-14-22)5-4-8-24-27(20-6-2-1-3-7-20)28-29(33-30(24)41)34-36(31(28)42)23-15-11-21(12-16-23)32(43)44/h1-3,5-16H,17-18H2,(H,37,38)(H,39,40)(H,43,44)(H2,33,34,41). The Labute approximate surface area is 248 Å². The first-order valence-electron chi connectivity index (χ1n) is 13.1. The molecule has 44 heavy (non-hydrogen) atoms. The Morgan fingerprint density at radius 2 is 1.45 bits per heavy atom. The van der Waals surface area contributed by atoms with Gasteiger partial charge in [-0.25, -0.2) is 9.48 Å². The Hall–Kier alpha value is -6.39. The molecule has 0 spiro atoms. The van der Waals surface area contributed by atoms with Crippen molar-refractivity contribution in [2.24, 2.45) is 0 Å². The second-order valence-electron chi connectivity index (χ2n) is 9.65. The molecule has 0 radical (unpaired) electrons. The van der Waals surface area contributed by atoms with Gasteiger partial charge in [-0.15, -0.1) is 5.73 Å². The fourth-order valence-corrected chi connectivity index (χ4v) is 4.73.